The van der Waals surface area contributed by atoms with Crippen molar-refractivity contribution in [2.45, 2.75) is 12.6 Å². The van der Waals surface area contributed by atoms with Crippen molar-refractivity contribution in [2.24, 2.45) is 0 Å². The summed E-state index contributed by atoms with van der Waals surface area (Å²) in [6.07, 6.45) is -8.50. The van der Waals surface area contributed by atoms with Crippen molar-refractivity contribution in [3.05, 3.63) is 27.6 Å². The minimum Gasteiger partial charge on any atom is -0.393 e. The monoisotopic (exact) mass is 257 g/mol. The van der Waals surface area contributed by atoms with Crippen LogP contribution in [0.5, 0.6) is 0 Å². The van der Waals surface area contributed by atoms with Gasteiger partial charge in [0.25, 0.3) is 6.43 Å². The summed E-state index contributed by atoms with van der Waals surface area (Å²) in [6.45, 7) is 0. The highest BCUT2D eigenvalue weighted by atomic mass is 19.4. The Morgan fingerprint density at radius 3 is 2.29 bits per heavy atom. The summed E-state index contributed by atoms with van der Waals surface area (Å²) in [5.41, 5.74) is -1.25. The van der Waals surface area contributed by atoms with Gasteiger partial charge in [-0.3, -0.25) is 10.1 Å². The minimum absolute atomic E-state index is 0.270. The van der Waals surface area contributed by atoms with Crippen LogP contribution in [-0.2, 0) is 6.18 Å². The summed E-state index contributed by atoms with van der Waals surface area (Å²) in [6, 6.07) is 0. The van der Waals surface area contributed by atoms with Gasteiger partial charge < -0.3 is 5.73 Å². The molecule has 0 aliphatic carbocycles. The van der Waals surface area contributed by atoms with E-state index in [1.54, 1.807) is 0 Å². The molecule has 0 aromatic carbocycles. The molecule has 0 aliphatic rings. The van der Waals surface area contributed by atoms with Gasteiger partial charge in [-0.25, -0.2) is 13.8 Å². The third-order valence-corrected chi connectivity index (χ3v) is 1.81. The summed E-state index contributed by atoms with van der Waals surface area (Å²) < 4.78 is 61.9. The van der Waals surface area contributed by atoms with E-state index >= 15 is 0 Å². The second-order valence-corrected chi connectivity index (χ2v) is 2.87. The minimum atomic E-state index is -5.24. The number of aromatic nitrogens is 1. The first-order valence-electron chi connectivity index (χ1n) is 3.94. The molecule has 0 bridgehead atoms. The average Bonchev–Trinajstić information content (AvgIpc) is 2.14. The predicted molar refractivity (Wildman–Crippen MR) is 45.3 cm³/mol. The molecule has 0 aliphatic heterocycles. The van der Waals surface area contributed by atoms with Crippen LogP contribution in [0, 0.1) is 10.1 Å². The second kappa shape index (κ2) is 4.11. The highest BCUT2D eigenvalue weighted by Crippen LogP contribution is 2.41. The maximum Gasteiger partial charge on any atom is 0.420 e. The number of hydrogen-bond donors (Lipinski definition) is 1. The van der Waals surface area contributed by atoms with Gasteiger partial charge in [-0.2, -0.15) is 13.2 Å². The Hall–Kier alpha value is -2.00. The Labute approximate surface area is 90.2 Å². The lowest BCUT2D eigenvalue weighted by Crippen LogP contribution is -2.16. The maximum atomic E-state index is 12.4. The van der Waals surface area contributed by atoms with Crippen molar-refractivity contribution in [1.29, 1.82) is 0 Å². The number of pyridine rings is 1. The zero-order valence-corrected chi connectivity index (χ0v) is 7.83. The van der Waals surface area contributed by atoms with E-state index in [4.69, 9.17) is 5.73 Å². The van der Waals surface area contributed by atoms with Crippen LogP contribution in [0.3, 0.4) is 0 Å². The summed E-state index contributed by atoms with van der Waals surface area (Å²) in [5.74, 6) is 0. The molecular formula is C7H4F5N3O2. The fraction of sp³-hybridized carbons (Fsp3) is 0.286. The van der Waals surface area contributed by atoms with Gasteiger partial charge in [0.1, 0.15) is 23.1 Å². The molecule has 1 rings (SSSR count). The molecule has 0 radical (unpaired) electrons. The molecule has 0 fully saturated rings. The summed E-state index contributed by atoms with van der Waals surface area (Å²) in [5, 5.41) is 10.3. The van der Waals surface area contributed by atoms with Crippen molar-refractivity contribution in [3.8, 4) is 0 Å². The molecule has 2 N–H and O–H groups in total. The number of nitrogens with zero attached hydrogens (tertiary/aromatic N) is 2. The van der Waals surface area contributed by atoms with E-state index in [2.05, 4.69) is 4.98 Å². The SMILES string of the molecule is Nc1c([N+](=O)[O-])cnc(C(F)F)c1C(F)(F)F. The predicted octanol–water partition coefficient (Wildman–Crippen LogP) is 2.53. The average molecular weight is 257 g/mol. The molecule has 17 heavy (non-hydrogen) atoms. The van der Waals surface area contributed by atoms with Gasteiger partial charge in [-0.15, -0.1) is 0 Å². The lowest BCUT2D eigenvalue weighted by Gasteiger charge is -2.13. The lowest BCUT2D eigenvalue weighted by atomic mass is 10.1. The van der Waals surface area contributed by atoms with E-state index in [-0.39, 0.29) is 6.20 Å². The molecule has 0 atom stereocenters. The molecular weight excluding hydrogens is 253 g/mol. The Morgan fingerprint density at radius 1 is 1.41 bits per heavy atom. The summed E-state index contributed by atoms with van der Waals surface area (Å²) in [4.78, 5) is 11.8. The van der Waals surface area contributed by atoms with E-state index < -0.39 is 40.2 Å². The molecule has 1 heterocycles. The molecule has 10 heteroatoms. The van der Waals surface area contributed by atoms with Gasteiger partial charge in [0, 0.05) is 0 Å². The largest absolute Gasteiger partial charge is 0.420 e. The molecule has 0 unspecified atom stereocenters. The number of rotatable bonds is 2. The van der Waals surface area contributed by atoms with Crippen molar-refractivity contribution in [1.82, 2.24) is 4.98 Å². The zero-order valence-electron chi connectivity index (χ0n) is 7.83. The molecule has 0 saturated heterocycles. The topological polar surface area (TPSA) is 82.0 Å². The Morgan fingerprint density at radius 2 is 1.94 bits per heavy atom. The van der Waals surface area contributed by atoms with Crippen LogP contribution in [0.2, 0.25) is 0 Å². The van der Waals surface area contributed by atoms with Crippen LogP contribution in [0.4, 0.5) is 33.3 Å². The molecule has 1 aromatic rings. The molecule has 0 saturated carbocycles. The van der Waals surface area contributed by atoms with Gasteiger partial charge >= 0.3 is 11.9 Å². The first-order chi connectivity index (χ1) is 7.66. The standard InChI is InChI=1S/C7H4F5N3O2/c8-6(9)5-3(7(10,11)12)4(13)2(1-14-5)15(16)17/h1,6H,(H2,13,14). The maximum absolute atomic E-state index is 12.4. The first kappa shape index (κ1) is 13.1. The Kier molecular flexibility index (Phi) is 3.16. The van der Waals surface area contributed by atoms with E-state index in [0.717, 1.165) is 0 Å². The van der Waals surface area contributed by atoms with E-state index in [1.165, 1.54) is 0 Å². The summed E-state index contributed by atoms with van der Waals surface area (Å²) in [7, 11) is 0. The summed E-state index contributed by atoms with van der Waals surface area (Å²) >= 11 is 0. The number of alkyl halides is 5. The lowest BCUT2D eigenvalue weighted by molar-refractivity contribution is -0.384. The van der Waals surface area contributed by atoms with E-state index in [1.807, 2.05) is 0 Å². The number of nitro groups is 1. The van der Waals surface area contributed by atoms with Crippen LogP contribution in [-0.4, -0.2) is 9.91 Å². The quantitative estimate of drug-likeness (QED) is 0.501. The van der Waals surface area contributed by atoms with Gasteiger partial charge in [-0.05, 0) is 0 Å². The highest BCUT2D eigenvalue weighted by Gasteiger charge is 2.41. The molecule has 0 spiro atoms. The third kappa shape index (κ3) is 2.40. The van der Waals surface area contributed by atoms with Gasteiger partial charge in [0.05, 0.1) is 4.92 Å². The normalized spacial score (nSPS) is 11.9. The van der Waals surface area contributed by atoms with Crippen LogP contribution in [0.25, 0.3) is 0 Å². The van der Waals surface area contributed by atoms with Gasteiger partial charge in [0.2, 0.25) is 0 Å². The number of hydrogen-bond acceptors (Lipinski definition) is 4. The van der Waals surface area contributed by atoms with Gasteiger partial charge in [-0.1, -0.05) is 0 Å². The fourth-order valence-corrected chi connectivity index (χ4v) is 1.14. The number of anilines is 1. The van der Waals surface area contributed by atoms with Crippen LogP contribution >= 0.6 is 0 Å². The Bertz CT molecular complexity index is 460. The first-order valence-corrected chi connectivity index (χ1v) is 3.94. The number of nitrogens with two attached hydrogens (primary N) is 1. The fourth-order valence-electron chi connectivity index (χ4n) is 1.14. The van der Waals surface area contributed by atoms with Crippen LogP contribution in [0.15, 0.2) is 6.20 Å². The van der Waals surface area contributed by atoms with E-state index in [9.17, 15) is 32.1 Å². The third-order valence-electron chi connectivity index (χ3n) is 1.81. The highest BCUT2D eigenvalue weighted by molar-refractivity contribution is 5.64. The molecule has 94 valence electrons. The van der Waals surface area contributed by atoms with Crippen molar-refractivity contribution in [3.63, 3.8) is 0 Å². The Balaban J connectivity index is 3.59. The number of halogens is 5. The van der Waals surface area contributed by atoms with Crippen LogP contribution < -0.4 is 5.73 Å². The van der Waals surface area contributed by atoms with Crippen molar-refractivity contribution in [2.75, 3.05) is 5.73 Å². The molecule has 0 amide bonds. The second-order valence-electron chi connectivity index (χ2n) is 2.87. The van der Waals surface area contributed by atoms with E-state index in [0.29, 0.717) is 0 Å². The smallest absolute Gasteiger partial charge is 0.393 e. The number of nitrogen functional groups attached to an aromatic ring is 1. The van der Waals surface area contributed by atoms with Crippen molar-refractivity contribution < 1.29 is 26.9 Å². The van der Waals surface area contributed by atoms with Crippen molar-refractivity contribution >= 4 is 11.4 Å². The zero-order chi connectivity index (χ0) is 13.4. The molecule has 5 nitrogen and oxygen atoms in total. The van der Waals surface area contributed by atoms with Gasteiger partial charge in [0.15, 0.2) is 0 Å². The molecule has 1 aromatic heterocycles. The van der Waals surface area contributed by atoms with Crippen LogP contribution in [0.1, 0.15) is 17.7 Å².